The Bertz CT molecular complexity index is 1170. The molecule has 0 aliphatic heterocycles. The molecule has 9 nitrogen and oxygen atoms in total. The molecule has 0 bridgehead atoms. The molecule has 1 unspecified atom stereocenters. The zero-order valence-corrected chi connectivity index (χ0v) is 20.3. The smallest absolute Gasteiger partial charge is 0.303 e. The van der Waals surface area contributed by atoms with E-state index in [0.717, 1.165) is 11.3 Å². The summed E-state index contributed by atoms with van der Waals surface area (Å²) in [5.41, 5.74) is 2.30. The van der Waals surface area contributed by atoms with Crippen LogP contribution in [-0.2, 0) is 20.8 Å². The summed E-state index contributed by atoms with van der Waals surface area (Å²) in [4.78, 5) is 40.4. The van der Waals surface area contributed by atoms with Gasteiger partial charge in [0, 0.05) is 43.0 Å². The molecular weight excluding hydrogens is 472 g/mol. The maximum absolute atomic E-state index is 12.9. The zero-order valence-electron chi connectivity index (χ0n) is 20.3. The van der Waals surface area contributed by atoms with Crippen molar-refractivity contribution < 1.29 is 24.2 Å². The first kappa shape index (κ1) is 26.9. The second-order valence-corrected chi connectivity index (χ2v) is 8.06. The van der Waals surface area contributed by atoms with Gasteiger partial charge in [0.1, 0.15) is 5.75 Å². The van der Waals surface area contributed by atoms with Crippen molar-refractivity contribution in [3.63, 3.8) is 0 Å². The van der Waals surface area contributed by atoms with Crippen molar-refractivity contribution in [1.82, 2.24) is 15.6 Å². The second kappa shape index (κ2) is 14.7. The number of carbonyl (C=O) groups is 3. The molecule has 1 aromatic heterocycles. The summed E-state index contributed by atoms with van der Waals surface area (Å²) < 4.78 is 5.54. The van der Waals surface area contributed by atoms with Crippen molar-refractivity contribution in [2.75, 3.05) is 18.5 Å². The van der Waals surface area contributed by atoms with E-state index in [0.29, 0.717) is 30.8 Å². The predicted molar refractivity (Wildman–Crippen MR) is 141 cm³/mol. The van der Waals surface area contributed by atoms with Crippen LogP contribution in [0.25, 0.3) is 6.08 Å². The fourth-order valence-corrected chi connectivity index (χ4v) is 3.28. The van der Waals surface area contributed by atoms with Crippen LogP contribution in [0.4, 0.5) is 5.69 Å². The van der Waals surface area contributed by atoms with Crippen molar-refractivity contribution in [3.8, 4) is 5.75 Å². The molecule has 0 aliphatic rings. The molecular formula is C28H30N4O5. The Kier molecular flexibility index (Phi) is 10.7. The molecule has 1 heterocycles. The van der Waals surface area contributed by atoms with Crippen molar-refractivity contribution in [2.24, 2.45) is 0 Å². The minimum absolute atomic E-state index is 0.0369. The normalized spacial score (nSPS) is 11.5. The third-order valence-electron chi connectivity index (χ3n) is 5.15. The molecule has 0 saturated heterocycles. The van der Waals surface area contributed by atoms with E-state index in [1.807, 2.05) is 48.5 Å². The van der Waals surface area contributed by atoms with Crippen molar-refractivity contribution in [2.45, 2.75) is 25.4 Å². The van der Waals surface area contributed by atoms with E-state index < -0.39 is 23.9 Å². The number of aliphatic carboxylic acids is 1. The molecule has 0 spiro atoms. The monoisotopic (exact) mass is 502 g/mol. The fourth-order valence-electron chi connectivity index (χ4n) is 3.28. The summed E-state index contributed by atoms with van der Waals surface area (Å²) in [6, 6.07) is 21.8. The Labute approximate surface area is 215 Å². The highest BCUT2D eigenvalue weighted by Crippen LogP contribution is 2.16. The van der Waals surface area contributed by atoms with E-state index in [2.05, 4.69) is 20.9 Å². The van der Waals surface area contributed by atoms with E-state index in [4.69, 9.17) is 9.84 Å². The number of anilines is 1. The minimum atomic E-state index is -1.03. The number of ether oxygens (including phenoxy) is 1. The van der Waals surface area contributed by atoms with Crippen LogP contribution < -0.4 is 20.7 Å². The number of aromatic nitrogens is 1. The highest BCUT2D eigenvalue weighted by atomic mass is 16.5. The van der Waals surface area contributed by atoms with Gasteiger partial charge in [0.2, 0.25) is 5.91 Å². The van der Waals surface area contributed by atoms with Gasteiger partial charge < -0.3 is 25.8 Å². The third kappa shape index (κ3) is 10.2. The lowest BCUT2D eigenvalue weighted by atomic mass is 10.2. The van der Waals surface area contributed by atoms with Crippen LogP contribution in [0.3, 0.4) is 0 Å². The molecule has 3 rings (SSSR count). The first-order valence-electron chi connectivity index (χ1n) is 11.9. The average molecular weight is 503 g/mol. The van der Waals surface area contributed by atoms with E-state index in [1.165, 1.54) is 6.08 Å². The highest BCUT2D eigenvalue weighted by Gasteiger charge is 2.19. The standard InChI is InChI=1S/C28H30N4O5/c33-25(16-11-21-7-2-1-3-8-21)32-27(28(36)30-19-17-22-9-4-5-18-29-22)31-23-12-14-24(15-13-23)37-20-6-10-26(34)35/h1-5,7-9,11-16,18,27,31H,6,10,17,19-20H2,(H,30,36)(H,32,33)(H,34,35)/b16-11+. The Morgan fingerprint density at radius 2 is 1.73 bits per heavy atom. The van der Waals surface area contributed by atoms with Gasteiger partial charge in [-0.05, 0) is 54.5 Å². The number of benzene rings is 2. The maximum Gasteiger partial charge on any atom is 0.303 e. The van der Waals surface area contributed by atoms with Gasteiger partial charge in [0.15, 0.2) is 6.17 Å². The number of hydrogen-bond acceptors (Lipinski definition) is 6. The summed E-state index contributed by atoms with van der Waals surface area (Å²) in [5.74, 6) is -1.12. The summed E-state index contributed by atoms with van der Waals surface area (Å²) in [5, 5.41) is 17.3. The predicted octanol–water partition coefficient (Wildman–Crippen LogP) is 3.25. The van der Waals surface area contributed by atoms with Crippen molar-refractivity contribution >= 4 is 29.5 Å². The molecule has 9 heteroatoms. The van der Waals surface area contributed by atoms with E-state index in [-0.39, 0.29) is 13.0 Å². The summed E-state index contributed by atoms with van der Waals surface area (Å²) >= 11 is 0. The second-order valence-electron chi connectivity index (χ2n) is 8.06. The van der Waals surface area contributed by atoms with E-state index >= 15 is 0 Å². The number of carbonyl (C=O) groups excluding carboxylic acids is 2. The lowest BCUT2D eigenvalue weighted by Crippen LogP contribution is -2.51. The molecule has 0 fully saturated rings. The number of rotatable bonds is 14. The largest absolute Gasteiger partial charge is 0.494 e. The van der Waals surface area contributed by atoms with Gasteiger partial charge >= 0.3 is 5.97 Å². The van der Waals surface area contributed by atoms with Crippen LogP contribution in [0.2, 0.25) is 0 Å². The third-order valence-corrected chi connectivity index (χ3v) is 5.15. The maximum atomic E-state index is 12.9. The first-order valence-corrected chi connectivity index (χ1v) is 11.9. The molecule has 0 saturated carbocycles. The molecule has 192 valence electrons. The van der Waals surface area contributed by atoms with E-state index in [1.54, 1.807) is 36.5 Å². The molecule has 2 amide bonds. The Balaban J connectivity index is 1.60. The fraction of sp³-hybridized carbons (Fsp3) is 0.214. The molecule has 4 N–H and O–H groups in total. The number of pyridine rings is 1. The Hall–Kier alpha value is -4.66. The first-order chi connectivity index (χ1) is 18.0. The molecule has 37 heavy (non-hydrogen) atoms. The summed E-state index contributed by atoms with van der Waals surface area (Å²) in [6.07, 6.45) is 4.70. The lowest BCUT2D eigenvalue weighted by molar-refractivity contribution is -0.137. The number of carboxylic acids is 1. The quantitative estimate of drug-likeness (QED) is 0.151. The topological polar surface area (TPSA) is 130 Å². The Morgan fingerprint density at radius 1 is 0.973 bits per heavy atom. The number of hydrogen-bond donors (Lipinski definition) is 4. The van der Waals surface area contributed by atoms with Crippen LogP contribution in [0.15, 0.2) is 85.1 Å². The van der Waals surface area contributed by atoms with Crippen LogP contribution in [0.1, 0.15) is 24.1 Å². The molecule has 0 radical (unpaired) electrons. The van der Waals surface area contributed by atoms with Crippen molar-refractivity contribution in [3.05, 3.63) is 96.3 Å². The Morgan fingerprint density at radius 3 is 2.43 bits per heavy atom. The van der Waals surface area contributed by atoms with Crippen LogP contribution in [0, 0.1) is 0 Å². The number of nitrogens with one attached hydrogen (secondary N) is 3. The number of carboxylic acid groups (broad SMARTS) is 1. The van der Waals surface area contributed by atoms with Gasteiger partial charge in [0.25, 0.3) is 5.91 Å². The summed E-state index contributed by atoms with van der Waals surface area (Å²) in [6.45, 7) is 0.636. The van der Waals surface area contributed by atoms with Gasteiger partial charge in [0.05, 0.1) is 6.61 Å². The van der Waals surface area contributed by atoms with Gasteiger partial charge in [-0.1, -0.05) is 36.4 Å². The minimum Gasteiger partial charge on any atom is -0.494 e. The van der Waals surface area contributed by atoms with Crippen molar-refractivity contribution in [1.29, 1.82) is 0 Å². The lowest BCUT2D eigenvalue weighted by Gasteiger charge is -2.20. The van der Waals surface area contributed by atoms with Gasteiger partial charge in [-0.25, -0.2) is 0 Å². The van der Waals surface area contributed by atoms with Crippen LogP contribution >= 0.6 is 0 Å². The van der Waals surface area contributed by atoms with Gasteiger partial charge in [-0.3, -0.25) is 19.4 Å². The number of nitrogens with zero attached hydrogens (tertiary/aromatic N) is 1. The molecule has 2 aromatic carbocycles. The average Bonchev–Trinajstić information content (AvgIpc) is 2.91. The molecule has 0 aliphatic carbocycles. The van der Waals surface area contributed by atoms with E-state index in [9.17, 15) is 14.4 Å². The summed E-state index contributed by atoms with van der Waals surface area (Å²) in [7, 11) is 0. The zero-order chi connectivity index (χ0) is 26.3. The van der Waals surface area contributed by atoms with Crippen LogP contribution in [-0.4, -0.2) is 47.2 Å². The van der Waals surface area contributed by atoms with Gasteiger partial charge in [-0.2, -0.15) is 0 Å². The number of amides is 2. The SMILES string of the molecule is O=C(O)CCCOc1ccc(NC(NC(=O)/C=C/c2ccccc2)C(=O)NCCc2ccccn2)cc1. The highest BCUT2D eigenvalue weighted by molar-refractivity contribution is 5.96. The van der Waals surface area contributed by atoms with Gasteiger partial charge in [-0.15, -0.1) is 0 Å². The van der Waals surface area contributed by atoms with Crippen LogP contribution in [0.5, 0.6) is 5.75 Å². The molecule has 3 aromatic rings. The molecule has 1 atom stereocenters.